The van der Waals surface area contributed by atoms with Gasteiger partial charge in [-0.05, 0) is 43.4 Å². The molecule has 2 unspecified atom stereocenters. The van der Waals surface area contributed by atoms with E-state index in [0.29, 0.717) is 28.1 Å². The summed E-state index contributed by atoms with van der Waals surface area (Å²) in [7, 11) is 0. The van der Waals surface area contributed by atoms with Crippen LogP contribution in [0.5, 0.6) is 0 Å². The zero-order valence-corrected chi connectivity index (χ0v) is 14.5. The molecule has 0 spiro atoms. The number of piperidine rings is 1. The molecule has 1 heterocycles. The van der Waals surface area contributed by atoms with Crippen LogP contribution in [-0.2, 0) is 9.59 Å². The molecule has 2 amide bonds. The van der Waals surface area contributed by atoms with Crippen molar-refractivity contribution < 1.29 is 9.59 Å². The largest absolute Gasteiger partial charge is 0.342 e. The zero-order chi connectivity index (χ0) is 16.6. The molecule has 3 rings (SSSR count). The number of carbonyl (C=O) groups excluding carboxylic acids is 2. The molecule has 1 aromatic rings. The molecule has 0 aromatic heterocycles. The Balaban J connectivity index is 1.55. The summed E-state index contributed by atoms with van der Waals surface area (Å²) in [6, 6.07) is 4.91. The van der Waals surface area contributed by atoms with Crippen LogP contribution in [0.4, 0.5) is 5.69 Å². The number of amides is 2. The number of rotatable bonds is 3. The van der Waals surface area contributed by atoms with Gasteiger partial charge in [-0.15, -0.1) is 0 Å². The minimum Gasteiger partial charge on any atom is -0.342 e. The van der Waals surface area contributed by atoms with E-state index in [9.17, 15) is 9.59 Å². The number of hydrogen-bond acceptors (Lipinski definition) is 2. The predicted molar refractivity (Wildman–Crippen MR) is 91.7 cm³/mol. The number of nitrogens with zero attached hydrogens (tertiary/aromatic N) is 1. The van der Waals surface area contributed by atoms with Crippen molar-refractivity contribution in [2.45, 2.75) is 26.2 Å². The quantitative estimate of drug-likeness (QED) is 0.896. The predicted octanol–water partition coefficient (Wildman–Crippen LogP) is 3.83. The van der Waals surface area contributed by atoms with Crippen molar-refractivity contribution in [1.82, 2.24) is 4.90 Å². The van der Waals surface area contributed by atoms with E-state index in [0.717, 1.165) is 25.9 Å². The van der Waals surface area contributed by atoms with Crippen LogP contribution in [-0.4, -0.2) is 29.8 Å². The van der Waals surface area contributed by atoms with Crippen LogP contribution in [0.2, 0.25) is 10.0 Å². The summed E-state index contributed by atoms with van der Waals surface area (Å²) in [5, 5.41) is 3.74. The molecule has 124 valence electrons. The lowest BCUT2D eigenvalue weighted by molar-refractivity contribution is -0.135. The maximum atomic E-state index is 12.4. The van der Waals surface area contributed by atoms with Gasteiger partial charge in [-0.1, -0.05) is 30.1 Å². The number of likely N-dealkylation sites (tertiary alicyclic amines) is 1. The number of halogens is 2. The summed E-state index contributed by atoms with van der Waals surface area (Å²) in [4.78, 5) is 26.6. The lowest BCUT2D eigenvalue weighted by atomic mass is 9.99. The fourth-order valence-corrected chi connectivity index (χ4v) is 3.61. The van der Waals surface area contributed by atoms with E-state index in [1.165, 1.54) is 0 Å². The molecule has 1 N–H and O–H groups in total. The Hall–Kier alpha value is -1.26. The molecule has 0 radical (unpaired) electrons. The molecule has 1 aliphatic carbocycles. The second-order valence-corrected chi connectivity index (χ2v) is 7.48. The van der Waals surface area contributed by atoms with Gasteiger partial charge in [-0.2, -0.15) is 0 Å². The number of hydrogen-bond donors (Lipinski definition) is 1. The van der Waals surface area contributed by atoms with Crippen LogP contribution in [0.3, 0.4) is 0 Å². The number of anilines is 1. The molecular formula is C17H20Cl2N2O2. The van der Waals surface area contributed by atoms with Crippen molar-refractivity contribution in [3.05, 3.63) is 28.2 Å². The van der Waals surface area contributed by atoms with Gasteiger partial charge in [0.1, 0.15) is 0 Å². The van der Waals surface area contributed by atoms with E-state index in [4.69, 9.17) is 23.2 Å². The molecule has 2 fully saturated rings. The van der Waals surface area contributed by atoms with E-state index in [2.05, 4.69) is 12.2 Å². The summed E-state index contributed by atoms with van der Waals surface area (Å²) in [5.41, 5.74) is 0.567. The van der Waals surface area contributed by atoms with Crippen LogP contribution in [0.25, 0.3) is 0 Å². The van der Waals surface area contributed by atoms with Gasteiger partial charge in [0.15, 0.2) is 0 Å². The number of nitrogens with one attached hydrogen (secondary N) is 1. The molecule has 1 saturated carbocycles. The van der Waals surface area contributed by atoms with Gasteiger partial charge >= 0.3 is 0 Å². The molecule has 0 bridgehead atoms. The second-order valence-electron chi connectivity index (χ2n) is 6.60. The maximum absolute atomic E-state index is 12.4. The number of benzene rings is 1. The fraction of sp³-hybridized carbons (Fsp3) is 0.529. The van der Waals surface area contributed by atoms with E-state index in [1.54, 1.807) is 18.2 Å². The van der Waals surface area contributed by atoms with Gasteiger partial charge in [-0.25, -0.2) is 0 Å². The van der Waals surface area contributed by atoms with E-state index in [1.807, 2.05) is 4.90 Å². The zero-order valence-electron chi connectivity index (χ0n) is 13.0. The van der Waals surface area contributed by atoms with Gasteiger partial charge in [0.25, 0.3) is 0 Å². The first-order valence-corrected chi connectivity index (χ1v) is 8.75. The van der Waals surface area contributed by atoms with Crippen molar-refractivity contribution in [3.8, 4) is 0 Å². The van der Waals surface area contributed by atoms with Crippen molar-refractivity contribution in [2.24, 2.45) is 17.8 Å². The van der Waals surface area contributed by atoms with E-state index in [-0.39, 0.29) is 23.7 Å². The summed E-state index contributed by atoms with van der Waals surface area (Å²) < 4.78 is 0. The standard InChI is InChI=1S/C17H20Cl2N2O2/c1-10-2-4-21(5-3-10)17(23)15-9-14(15)16(22)20-13-7-11(18)6-12(19)8-13/h6-8,10,14-15H,2-5,9H2,1H3,(H,20,22). The monoisotopic (exact) mass is 354 g/mol. The smallest absolute Gasteiger partial charge is 0.228 e. The van der Waals surface area contributed by atoms with Crippen molar-refractivity contribution in [2.75, 3.05) is 18.4 Å². The molecule has 2 aliphatic rings. The molecule has 1 saturated heterocycles. The molecule has 1 aliphatic heterocycles. The van der Waals surface area contributed by atoms with Gasteiger partial charge in [-0.3, -0.25) is 9.59 Å². The third-order valence-corrected chi connectivity index (χ3v) is 5.11. The topological polar surface area (TPSA) is 49.4 Å². The first-order valence-electron chi connectivity index (χ1n) is 8.00. The Labute approximate surface area is 146 Å². The maximum Gasteiger partial charge on any atom is 0.228 e. The van der Waals surface area contributed by atoms with Gasteiger partial charge in [0.2, 0.25) is 11.8 Å². The summed E-state index contributed by atoms with van der Waals surface area (Å²) in [6.45, 7) is 3.84. The second kappa shape index (κ2) is 6.70. The van der Waals surface area contributed by atoms with Crippen LogP contribution >= 0.6 is 23.2 Å². The highest BCUT2D eigenvalue weighted by molar-refractivity contribution is 6.35. The van der Waals surface area contributed by atoms with Crippen LogP contribution in [0.15, 0.2) is 18.2 Å². The SMILES string of the molecule is CC1CCN(C(=O)C2CC2C(=O)Nc2cc(Cl)cc(Cl)c2)CC1. The average Bonchev–Trinajstić information content (AvgIpc) is 3.26. The number of carbonyl (C=O) groups is 2. The lowest BCUT2D eigenvalue weighted by Gasteiger charge is -2.30. The van der Waals surface area contributed by atoms with Crippen molar-refractivity contribution in [1.29, 1.82) is 0 Å². The molecule has 6 heteroatoms. The Morgan fingerprint density at radius 1 is 1.09 bits per heavy atom. The minimum absolute atomic E-state index is 0.126. The first kappa shape index (κ1) is 16.6. The van der Waals surface area contributed by atoms with Gasteiger partial charge in [0.05, 0.1) is 11.8 Å². The average molecular weight is 355 g/mol. The van der Waals surface area contributed by atoms with Gasteiger partial charge < -0.3 is 10.2 Å². The summed E-state index contributed by atoms with van der Waals surface area (Å²) in [6.07, 6.45) is 2.73. The highest BCUT2D eigenvalue weighted by Crippen LogP contribution is 2.41. The van der Waals surface area contributed by atoms with Crippen LogP contribution < -0.4 is 5.32 Å². The Morgan fingerprint density at radius 3 is 2.30 bits per heavy atom. The molecular weight excluding hydrogens is 335 g/mol. The van der Waals surface area contributed by atoms with Crippen LogP contribution in [0.1, 0.15) is 26.2 Å². The Kier molecular flexibility index (Phi) is 4.83. The highest BCUT2D eigenvalue weighted by atomic mass is 35.5. The first-order chi connectivity index (χ1) is 10.9. The summed E-state index contributed by atoms with van der Waals surface area (Å²) >= 11 is 11.8. The van der Waals surface area contributed by atoms with Gasteiger partial charge in [0, 0.05) is 28.8 Å². The Morgan fingerprint density at radius 2 is 1.70 bits per heavy atom. The third kappa shape index (κ3) is 3.99. The van der Waals surface area contributed by atoms with Crippen molar-refractivity contribution in [3.63, 3.8) is 0 Å². The molecule has 4 nitrogen and oxygen atoms in total. The molecule has 2 atom stereocenters. The molecule has 23 heavy (non-hydrogen) atoms. The van der Waals surface area contributed by atoms with Crippen molar-refractivity contribution >= 4 is 40.7 Å². The van der Waals surface area contributed by atoms with E-state index >= 15 is 0 Å². The molecule has 1 aromatic carbocycles. The highest BCUT2D eigenvalue weighted by Gasteiger charge is 2.49. The Bertz CT molecular complexity index is 607. The minimum atomic E-state index is -0.236. The third-order valence-electron chi connectivity index (χ3n) is 4.67. The van der Waals surface area contributed by atoms with E-state index < -0.39 is 0 Å². The van der Waals surface area contributed by atoms with Crippen LogP contribution in [0, 0.1) is 17.8 Å². The fourth-order valence-electron chi connectivity index (χ4n) is 3.08. The lowest BCUT2D eigenvalue weighted by Crippen LogP contribution is -2.39. The summed E-state index contributed by atoms with van der Waals surface area (Å²) in [5.74, 6) is 0.274. The normalized spacial score (nSPS) is 24.4.